The summed E-state index contributed by atoms with van der Waals surface area (Å²) < 4.78 is 16.2. The highest BCUT2D eigenvalue weighted by Crippen LogP contribution is 2.30. The standard InChI is InChI=1S/C18H20N2O6/c1-3-24-16-10-9-13(11-17(16)25-4-2)19-18(21)12-26-15-8-6-5-7-14(15)20(22)23/h5-11H,3-4,12H2,1-2H3,(H,19,21). The van der Waals surface area contributed by atoms with Crippen LogP contribution < -0.4 is 19.5 Å². The van der Waals surface area contributed by atoms with Gasteiger partial charge in [-0.05, 0) is 32.0 Å². The van der Waals surface area contributed by atoms with E-state index in [4.69, 9.17) is 14.2 Å². The van der Waals surface area contributed by atoms with E-state index in [1.807, 2.05) is 13.8 Å². The SMILES string of the molecule is CCOc1ccc(NC(=O)COc2ccccc2[N+](=O)[O-])cc1OCC. The fourth-order valence-corrected chi connectivity index (χ4v) is 2.20. The van der Waals surface area contributed by atoms with Gasteiger partial charge in [-0.1, -0.05) is 12.1 Å². The van der Waals surface area contributed by atoms with Gasteiger partial charge >= 0.3 is 5.69 Å². The van der Waals surface area contributed by atoms with E-state index in [0.29, 0.717) is 30.4 Å². The van der Waals surface area contributed by atoms with Gasteiger partial charge in [0.1, 0.15) is 0 Å². The zero-order valence-corrected chi connectivity index (χ0v) is 14.6. The van der Waals surface area contributed by atoms with E-state index in [1.165, 1.54) is 18.2 Å². The van der Waals surface area contributed by atoms with Crippen LogP contribution in [0, 0.1) is 10.1 Å². The van der Waals surface area contributed by atoms with Crippen LogP contribution in [0.5, 0.6) is 17.2 Å². The van der Waals surface area contributed by atoms with Gasteiger partial charge in [0.15, 0.2) is 23.9 Å². The molecule has 138 valence electrons. The van der Waals surface area contributed by atoms with E-state index in [1.54, 1.807) is 24.3 Å². The van der Waals surface area contributed by atoms with Gasteiger partial charge in [-0.15, -0.1) is 0 Å². The van der Waals surface area contributed by atoms with Gasteiger partial charge in [-0.2, -0.15) is 0 Å². The first kappa shape index (κ1) is 19.0. The smallest absolute Gasteiger partial charge is 0.310 e. The van der Waals surface area contributed by atoms with Crippen molar-refractivity contribution in [3.05, 3.63) is 52.6 Å². The largest absolute Gasteiger partial charge is 0.490 e. The Morgan fingerprint density at radius 2 is 1.69 bits per heavy atom. The summed E-state index contributed by atoms with van der Waals surface area (Å²) >= 11 is 0. The van der Waals surface area contributed by atoms with E-state index in [9.17, 15) is 14.9 Å². The number of para-hydroxylation sites is 2. The van der Waals surface area contributed by atoms with Gasteiger partial charge < -0.3 is 19.5 Å². The highest BCUT2D eigenvalue weighted by molar-refractivity contribution is 5.92. The second kappa shape index (κ2) is 9.26. The molecule has 1 N–H and O–H groups in total. The predicted molar refractivity (Wildman–Crippen MR) is 96.0 cm³/mol. The normalized spacial score (nSPS) is 10.1. The lowest BCUT2D eigenvalue weighted by Gasteiger charge is -2.13. The number of anilines is 1. The van der Waals surface area contributed by atoms with E-state index in [0.717, 1.165) is 0 Å². The minimum absolute atomic E-state index is 0.0364. The molecule has 0 fully saturated rings. The molecule has 2 rings (SSSR count). The Morgan fingerprint density at radius 3 is 2.38 bits per heavy atom. The number of amides is 1. The molecule has 0 radical (unpaired) electrons. The number of rotatable bonds is 9. The van der Waals surface area contributed by atoms with Crippen molar-refractivity contribution in [2.24, 2.45) is 0 Å². The average molecular weight is 360 g/mol. The van der Waals surface area contributed by atoms with Crippen molar-refractivity contribution in [3.63, 3.8) is 0 Å². The van der Waals surface area contributed by atoms with E-state index in [-0.39, 0.29) is 18.0 Å². The van der Waals surface area contributed by atoms with Crippen LogP contribution in [0.4, 0.5) is 11.4 Å². The summed E-state index contributed by atoms with van der Waals surface area (Å²) in [6.45, 7) is 4.31. The third kappa shape index (κ3) is 5.10. The second-order valence-corrected chi connectivity index (χ2v) is 5.09. The molecule has 2 aromatic carbocycles. The lowest BCUT2D eigenvalue weighted by atomic mass is 10.2. The Morgan fingerprint density at radius 1 is 1.00 bits per heavy atom. The third-order valence-electron chi connectivity index (χ3n) is 3.25. The number of nitrogens with one attached hydrogen (secondary N) is 1. The van der Waals surface area contributed by atoms with Gasteiger partial charge in [0.05, 0.1) is 18.1 Å². The molecule has 0 aliphatic heterocycles. The first-order valence-corrected chi connectivity index (χ1v) is 8.10. The van der Waals surface area contributed by atoms with Crippen LogP contribution in [0.2, 0.25) is 0 Å². The molecule has 0 saturated heterocycles. The number of carbonyl (C=O) groups is 1. The monoisotopic (exact) mass is 360 g/mol. The molecule has 0 bridgehead atoms. The van der Waals surface area contributed by atoms with Gasteiger partial charge in [0.2, 0.25) is 0 Å². The van der Waals surface area contributed by atoms with E-state index in [2.05, 4.69) is 5.32 Å². The van der Waals surface area contributed by atoms with Gasteiger partial charge in [-0.3, -0.25) is 14.9 Å². The Labute approximate surface area is 150 Å². The molecule has 0 atom stereocenters. The highest BCUT2D eigenvalue weighted by Gasteiger charge is 2.15. The molecule has 0 saturated carbocycles. The molecule has 8 nitrogen and oxygen atoms in total. The lowest BCUT2D eigenvalue weighted by molar-refractivity contribution is -0.385. The van der Waals surface area contributed by atoms with Gasteiger partial charge in [0, 0.05) is 17.8 Å². The average Bonchev–Trinajstić information content (AvgIpc) is 2.62. The predicted octanol–water partition coefficient (Wildman–Crippen LogP) is 3.41. The van der Waals surface area contributed by atoms with Crippen molar-refractivity contribution in [3.8, 4) is 17.2 Å². The van der Waals surface area contributed by atoms with Crippen LogP contribution in [0.15, 0.2) is 42.5 Å². The van der Waals surface area contributed by atoms with Crippen molar-refractivity contribution in [2.45, 2.75) is 13.8 Å². The Hall–Kier alpha value is -3.29. The fraction of sp³-hybridized carbons (Fsp3) is 0.278. The number of nitro benzene ring substituents is 1. The molecule has 8 heteroatoms. The molecular weight excluding hydrogens is 340 g/mol. The number of carbonyl (C=O) groups excluding carboxylic acids is 1. The van der Waals surface area contributed by atoms with E-state index < -0.39 is 10.8 Å². The maximum atomic E-state index is 12.1. The van der Waals surface area contributed by atoms with Crippen molar-refractivity contribution in [1.82, 2.24) is 0 Å². The zero-order chi connectivity index (χ0) is 18.9. The maximum Gasteiger partial charge on any atom is 0.310 e. The molecule has 1 amide bonds. The summed E-state index contributed by atoms with van der Waals surface area (Å²) in [6.07, 6.45) is 0. The summed E-state index contributed by atoms with van der Waals surface area (Å²) in [5.41, 5.74) is 0.313. The molecular formula is C18H20N2O6. The Balaban J connectivity index is 2.02. The summed E-state index contributed by atoms with van der Waals surface area (Å²) in [5.74, 6) is 0.694. The Kier molecular flexibility index (Phi) is 6.78. The van der Waals surface area contributed by atoms with Crippen LogP contribution in [0.3, 0.4) is 0 Å². The quantitative estimate of drug-likeness (QED) is 0.543. The number of hydrogen-bond acceptors (Lipinski definition) is 6. The summed E-state index contributed by atoms with van der Waals surface area (Å²) in [4.78, 5) is 22.4. The molecule has 0 spiro atoms. The van der Waals surface area contributed by atoms with Crippen LogP contribution in [-0.2, 0) is 4.79 Å². The van der Waals surface area contributed by atoms with Crippen LogP contribution in [-0.4, -0.2) is 30.7 Å². The molecule has 2 aromatic rings. The number of ether oxygens (including phenoxy) is 3. The molecule has 0 heterocycles. The first-order valence-electron chi connectivity index (χ1n) is 8.10. The number of hydrogen-bond donors (Lipinski definition) is 1. The molecule has 0 aromatic heterocycles. The molecule has 0 unspecified atom stereocenters. The highest BCUT2D eigenvalue weighted by atomic mass is 16.6. The summed E-state index contributed by atoms with van der Waals surface area (Å²) in [5, 5.41) is 13.6. The first-order chi connectivity index (χ1) is 12.5. The van der Waals surface area contributed by atoms with Crippen molar-refractivity contribution in [2.75, 3.05) is 25.1 Å². The molecule has 0 aliphatic rings. The zero-order valence-electron chi connectivity index (χ0n) is 14.6. The van der Waals surface area contributed by atoms with Gasteiger partial charge in [-0.25, -0.2) is 0 Å². The summed E-state index contributed by atoms with van der Waals surface area (Å²) in [6, 6.07) is 10.9. The van der Waals surface area contributed by atoms with Crippen molar-refractivity contribution < 1.29 is 23.9 Å². The van der Waals surface area contributed by atoms with Gasteiger partial charge in [0.25, 0.3) is 5.91 Å². The number of nitro groups is 1. The Bertz CT molecular complexity index is 778. The maximum absolute atomic E-state index is 12.1. The fourth-order valence-electron chi connectivity index (χ4n) is 2.20. The topological polar surface area (TPSA) is 99.9 Å². The second-order valence-electron chi connectivity index (χ2n) is 5.09. The van der Waals surface area contributed by atoms with Crippen LogP contribution >= 0.6 is 0 Å². The number of nitrogens with zero attached hydrogens (tertiary/aromatic N) is 1. The third-order valence-corrected chi connectivity index (χ3v) is 3.25. The van der Waals surface area contributed by atoms with Crippen LogP contribution in [0.1, 0.15) is 13.8 Å². The molecule has 0 aliphatic carbocycles. The molecule has 26 heavy (non-hydrogen) atoms. The number of benzene rings is 2. The minimum atomic E-state index is -0.561. The summed E-state index contributed by atoms with van der Waals surface area (Å²) in [7, 11) is 0. The van der Waals surface area contributed by atoms with Crippen LogP contribution in [0.25, 0.3) is 0 Å². The van der Waals surface area contributed by atoms with Crippen molar-refractivity contribution >= 4 is 17.3 Å². The van der Waals surface area contributed by atoms with Crippen molar-refractivity contribution in [1.29, 1.82) is 0 Å². The minimum Gasteiger partial charge on any atom is -0.490 e. The van der Waals surface area contributed by atoms with E-state index >= 15 is 0 Å². The lowest BCUT2D eigenvalue weighted by Crippen LogP contribution is -2.20.